The van der Waals surface area contributed by atoms with E-state index in [1.165, 1.54) is 22.7 Å². The van der Waals surface area contributed by atoms with Gasteiger partial charge >= 0.3 is 51.4 Å². The van der Waals surface area contributed by atoms with Crippen molar-refractivity contribution in [2.24, 2.45) is 0 Å². The van der Waals surface area contributed by atoms with Crippen molar-refractivity contribution < 1.29 is 83.6 Å². The van der Waals surface area contributed by atoms with E-state index in [-0.39, 0.29) is 70.9 Å². The van der Waals surface area contributed by atoms with Crippen LogP contribution in [0.4, 0.5) is 5.69 Å². The van der Waals surface area contributed by atoms with E-state index in [9.17, 15) is 22.9 Å². The normalized spacial score (nSPS) is 14.7. The largest absolute Gasteiger partial charge is 1.00 e. The van der Waals surface area contributed by atoms with Gasteiger partial charge in [0, 0.05) is 29.5 Å². The maximum Gasteiger partial charge on any atom is 1.00 e. The van der Waals surface area contributed by atoms with Crippen molar-refractivity contribution in [3.05, 3.63) is 56.2 Å². The molecule has 14 heteroatoms. The molecule has 3 heterocycles. The van der Waals surface area contributed by atoms with Gasteiger partial charge in [0.25, 0.3) is 9.84 Å². The van der Waals surface area contributed by atoms with E-state index in [1.807, 2.05) is 19.1 Å². The van der Waals surface area contributed by atoms with Crippen molar-refractivity contribution in [2.75, 3.05) is 17.2 Å². The van der Waals surface area contributed by atoms with Crippen molar-refractivity contribution in [3.8, 4) is 5.75 Å². The van der Waals surface area contributed by atoms with Crippen molar-refractivity contribution in [2.45, 2.75) is 26.3 Å². The molecule has 2 aromatic heterocycles. The second-order valence-electron chi connectivity index (χ2n) is 7.65. The Labute approximate surface area is 268 Å². The number of rotatable bonds is 9. The predicted molar refractivity (Wildman–Crippen MR) is 135 cm³/mol. The quantitative estimate of drug-likeness (QED) is 0.199. The number of halogens is 2. The smallest absolute Gasteiger partial charge is 0.748 e. The minimum Gasteiger partial charge on any atom is -0.748 e. The van der Waals surface area contributed by atoms with E-state index in [0.29, 0.717) is 38.1 Å². The number of anilines is 1. The molecule has 0 fully saturated rings. The summed E-state index contributed by atoms with van der Waals surface area (Å²) in [5.41, 5.74) is 1.51. The van der Waals surface area contributed by atoms with E-state index in [1.54, 1.807) is 33.7 Å². The summed E-state index contributed by atoms with van der Waals surface area (Å²) in [6, 6.07) is 6.91. The number of carbonyl (C=O) groups is 1. The third-order valence-electron chi connectivity index (χ3n) is 5.16. The number of carboxylic acids is 1. The van der Waals surface area contributed by atoms with Gasteiger partial charge in [-0.2, -0.15) is 4.57 Å². The monoisotopic (exact) mass is 612 g/mol. The van der Waals surface area contributed by atoms with Crippen LogP contribution in [0.2, 0.25) is 9.36 Å². The molecule has 8 nitrogen and oxygen atoms in total. The molecule has 0 radical (unpaired) electrons. The van der Waals surface area contributed by atoms with Crippen LogP contribution in [0.15, 0.2) is 41.8 Å². The third-order valence-corrected chi connectivity index (χ3v) is 8.68. The van der Waals surface area contributed by atoms with Crippen LogP contribution in [0.5, 0.6) is 5.75 Å². The summed E-state index contributed by atoms with van der Waals surface area (Å²) in [7, 11) is -4.35. The van der Waals surface area contributed by atoms with Crippen molar-refractivity contribution in [1.29, 1.82) is 0 Å². The van der Waals surface area contributed by atoms with Crippen molar-refractivity contribution in [1.82, 2.24) is 0 Å². The van der Waals surface area contributed by atoms with Crippen LogP contribution < -0.4 is 70.7 Å². The average Bonchev–Trinajstić information content (AvgIpc) is 3.38. The summed E-state index contributed by atoms with van der Waals surface area (Å²) in [5.74, 6) is -0.705. The van der Waals surface area contributed by atoms with Crippen LogP contribution in [0.25, 0.3) is 15.6 Å². The molecular formula is C22H19Cl2KN2O6S3. The number of benzene rings is 1. The van der Waals surface area contributed by atoms with Gasteiger partial charge in [0.05, 0.1) is 15.8 Å². The molecule has 0 atom stereocenters. The minimum atomic E-state index is -4.35. The van der Waals surface area contributed by atoms with Crippen LogP contribution in [0, 0.1) is 0 Å². The number of carbonyl (C=O) groups excluding carboxylic acids is 1. The molecule has 1 aromatic carbocycles. The first kappa shape index (κ1) is 30.0. The number of hydrogen-bond acceptors (Lipinski definition) is 9. The molecular weight excluding hydrogens is 594 g/mol. The Bertz CT molecular complexity index is 1470. The first-order valence-corrected chi connectivity index (χ1v) is 14.4. The minimum absolute atomic E-state index is 0. The van der Waals surface area contributed by atoms with E-state index >= 15 is 0 Å². The maximum absolute atomic E-state index is 11.4. The molecule has 186 valence electrons. The number of hydrogen-bond donors (Lipinski definition) is 0. The third kappa shape index (κ3) is 7.32. The van der Waals surface area contributed by atoms with Crippen molar-refractivity contribution >= 4 is 83.3 Å². The first-order valence-electron chi connectivity index (χ1n) is 10.5. The molecule has 0 saturated heterocycles. The Balaban J connectivity index is 0.00000361. The molecule has 0 aliphatic carbocycles. The fourth-order valence-corrected chi connectivity index (χ4v) is 6.92. The number of fused-ring (bicyclic) bond motifs is 2. The van der Waals surface area contributed by atoms with Gasteiger partial charge in [0.2, 0.25) is 5.88 Å². The Hall–Kier alpha value is -0.514. The molecule has 0 N–H and O–H groups in total. The van der Waals surface area contributed by atoms with E-state index in [0.717, 1.165) is 15.1 Å². The number of nitrogens with zero attached hydrogens (tertiary/aromatic N) is 2. The molecule has 0 bridgehead atoms. The Kier molecular flexibility index (Phi) is 10.5. The van der Waals surface area contributed by atoms with Gasteiger partial charge in [0.1, 0.15) is 15.0 Å². The van der Waals surface area contributed by atoms with Crippen molar-refractivity contribution in [3.63, 3.8) is 0 Å². The second kappa shape index (κ2) is 12.6. The molecule has 0 amide bonds. The molecule has 0 spiro atoms. The van der Waals surface area contributed by atoms with Crippen LogP contribution >= 0.6 is 45.9 Å². The fraction of sp³-hybridized carbons (Fsp3) is 0.273. The SMILES string of the molecule is CCC(=C/c1sc2cc(Cl)sc2[n+]1CC(=O)[O-])/C=C1/Oc2ccc(Cl)cc2N1CCCS(=O)(=O)[O-].[K+]. The van der Waals surface area contributed by atoms with Crippen LogP contribution in [0.1, 0.15) is 24.8 Å². The maximum atomic E-state index is 11.4. The zero-order valence-corrected chi connectivity index (χ0v) is 26.4. The number of thiazole rings is 1. The second-order valence-corrected chi connectivity index (χ2v) is 12.3. The Morgan fingerprint density at radius 2 is 2.00 bits per heavy atom. The summed E-state index contributed by atoms with van der Waals surface area (Å²) < 4.78 is 42.4. The standard InChI is InChI=1S/C22H20Cl2N2O6S3.K/c1-2-13(9-20-26(12-21(27)28)22-17(33-20)11-18(24)34-22)8-19-25(6-3-7-35(29,30)31)15-10-14(23)4-5-16(15)32-19;/h4-5,8-11H,2-3,6-7,12H2,1H3,(H-,27,28,29,30,31);/q;+1/p-1. The van der Waals surface area contributed by atoms with E-state index < -0.39 is 21.8 Å². The number of ether oxygens (including phenoxy) is 1. The van der Waals surface area contributed by atoms with Crippen LogP contribution in [-0.2, 0) is 21.5 Å². The molecule has 1 aliphatic rings. The van der Waals surface area contributed by atoms with Gasteiger partial charge < -0.3 is 24.1 Å². The van der Waals surface area contributed by atoms with Gasteiger partial charge in [-0.25, -0.2) is 8.42 Å². The molecule has 4 rings (SSSR count). The van der Waals surface area contributed by atoms with Gasteiger partial charge in [-0.1, -0.05) is 52.8 Å². The zero-order chi connectivity index (χ0) is 25.3. The molecule has 36 heavy (non-hydrogen) atoms. The molecule has 1 aliphatic heterocycles. The number of aliphatic carboxylic acids is 1. The number of thiophene rings is 1. The summed E-state index contributed by atoms with van der Waals surface area (Å²) in [6.45, 7) is 1.87. The average molecular weight is 614 g/mol. The molecule has 0 saturated carbocycles. The van der Waals surface area contributed by atoms with Gasteiger partial charge in [-0.05, 0) is 42.7 Å². The summed E-state index contributed by atoms with van der Waals surface area (Å²) in [6.07, 6.45) is 4.40. The van der Waals surface area contributed by atoms with Gasteiger partial charge in [-0.3, -0.25) is 0 Å². The zero-order valence-electron chi connectivity index (χ0n) is 19.3. The van der Waals surface area contributed by atoms with E-state index in [2.05, 4.69) is 0 Å². The van der Waals surface area contributed by atoms with Crippen LogP contribution in [-0.4, -0.2) is 31.2 Å². The van der Waals surface area contributed by atoms with E-state index in [4.69, 9.17) is 27.9 Å². The predicted octanol–water partition coefficient (Wildman–Crippen LogP) is 0.780. The number of allylic oxidation sites excluding steroid dienone is 2. The number of carboxylic acid groups (broad SMARTS) is 1. The number of aromatic nitrogens is 1. The first-order chi connectivity index (χ1) is 16.5. The summed E-state index contributed by atoms with van der Waals surface area (Å²) >= 11 is 15.0. The van der Waals surface area contributed by atoms with Gasteiger partial charge in [0.15, 0.2) is 12.3 Å². The van der Waals surface area contributed by atoms with Crippen LogP contribution in [0.3, 0.4) is 0 Å². The fourth-order valence-electron chi connectivity index (χ4n) is 3.63. The summed E-state index contributed by atoms with van der Waals surface area (Å²) in [5, 5.41) is 12.6. The molecule has 3 aromatic rings. The van der Waals surface area contributed by atoms with Gasteiger partial charge in [-0.15, -0.1) is 0 Å². The topological polar surface area (TPSA) is 114 Å². The summed E-state index contributed by atoms with van der Waals surface area (Å²) in [4.78, 5) is 13.9. The Morgan fingerprint density at radius 3 is 2.67 bits per heavy atom. The Morgan fingerprint density at radius 1 is 1.25 bits per heavy atom. The molecule has 0 unspecified atom stereocenters.